The Bertz CT molecular complexity index is 236. The molecule has 0 unspecified atom stereocenters. The molecule has 0 aromatic rings. The first kappa shape index (κ1) is 12.9. The smallest absolute Gasteiger partial charge is 0.156 e. The lowest BCUT2D eigenvalue weighted by molar-refractivity contribution is 0.317. The van der Waals surface area contributed by atoms with Crippen molar-refractivity contribution >= 4 is 16.9 Å². The van der Waals surface area contributed by atoms with E-state index in [1.807, 2.05) is 11.8 Å². The van der Waals surface area contributed by atoms with E-state index >= 15 is 0 Å². The van der Waals surface area contributed by atoms with Crippen LogP contribution in [-0.2, 0) is 0 Å². The fourth-order valence-electron chi connectivity index (χ4n) is 1.63. The van der Waals surface area contributed by atoms with Crippen LogP contribution >= 0.6 is 11.8 Å². The molecule has 0 amide bonds. The minimum atomic E-state index is 0.129. The van der Waals surface area contributed by atoms with E-state index in [1.165, 1.54) is 18.6 Å². The van der Waals surface area contributed by atoms with Crippen molar-refractivity contribution < 1.29 is 0 Å². The summed E-state index contributed by atoms with van der Waals surface area (Å²) in [5.41, 5.74) is 0.581. The van der Waals surface area contributed by atoms with Gasteiger partial charge in [0.05, 0.1) is 0 Å². The number of hydrogen-bond donors (Lipinski definition) is 1. The van der Waals surface area contributed by atoms with Gasteiger partial charge in [0.25, 0.3) is 0 Å². The van der Waals surface area contributed by atoms with Crippen LogP contribution in [-0.4, -0.2) is 23.0 Å². The summed E-state index contributed by atoms with van der Waals surface area (Å²) in [4.78, 5) is 4.68. The predicted octanol–water partition coefficient (Wildman–Crippen LogP) is 3.28. The Morgan fingerprint density at radius 1 is 1.33 bits per heavy atom. The van der Waals surface area contributed by atoms with Gasteiger partial charge in [-0.15, -0.1) is 0 Å². The van der Waals surface area contributed by atoms with Gasteiger partial charge in [0.2, 0.25) is 0 Å². The van der Waals surface area contributed by atoms with Gasteiger partial charge in [-0.25, -0.2) is 0 Å². The molecule has 0 spiro atoms. The summed E-state index contributed by atoms with van der Waals surface area (Å²) in [6.07, 6.45) is 2.48. The van der Waals surface area contributed by atoms with Gasteiger partial charge in [0, 0.05) is 17.8 Å². The average molecular weight is 228 g/mol. The minimum absolute atomic E-state index is 0.129. The maximum absolute atomic E-state index is 4.68. The highest BCUT2D eigenvalue weighted by molar-refractivity contribution is 8.13. The summed E-state index contributed by atoms with van der Waals surface area (Å²) >= 11 is 1.89. The van der Waals surface area contributed by atoms with Gasteiger partial charge in [-0.05, 0) is 39.0 Å². The second-order valence-corrected chi connectivity index (χ2v) is 6.46. The van der Waals surface area contributed by atoms with Crippen molar-refractivity contribution in [2.45, 2.75) is 53.0 Å². The molecule has 0 aliphatic carbocycles. The van der Waals surface area contributed by atoms with Gasteiger partial charge in [-0.1, -0.05) is 25.6 Å². The van der Waals surface area contributed by atoms with Crippen molar-refractivity contribution in [3.8, 4) is 0 Å². The molecule has 1 N–H and O–H groups in total. The number of rotatable bonds is 2. The minimum Gasteiger partial charge on any atom is -0.360 e. The first-order chi connectivity index (χ1) is 6.91. The molecule has 88 valence electrons. The van der Waals surface area contributed by atoms with Gasteiger partial charge in [-0.2, -0.15) is 0 Å². The van der Waals surface area contributed by atoms with Crippen molar-refractivity contribution in [3.05, 3.63) is 0 Å². The summed E-state index contributed by atoms with van der Waals surface area (Å²) in [6, 6.07) is 0. The average Bonchev–Trinajstić information content (AvgIpc) is 2.17. The van der Waals surface area contributed by atoms with Crippen LogP contribution in [0.5, 0.6) is 0 Å². The third-order valence-electron chi connectivity index (χ3n) is 3.06. The topological polar surface area (TPSA) is 24.4 Å². The van der Waals surface area contributed by atoms with Crippen molar-refractivity contribution in [1.82, 2.24) is 5.32 Å². The summed E-state index contributed by atoms with van der Waals surface area (Å²) in [5, 5.41) is 4.58. The van der Waals surface area contributed by atoms with Crippen molar-refractivity contribution in [2.24, 2.45) is 10.4 Å². The summed E-state index contributed by atoms with van der Waals surface area (Å²) in [6.45, 7) is 12.1. The highest BCUT2D eigenvalue weighted by Gasteiger charge is 2.30. The molecule has 0 atom stereocenters. The first-order valence-electron chi connectivity index (χ1n) is 5.86. The van der Waals surface area contributed by atoms with E-state index in [2.05, 4.69) is 44.9 Å². The van der Waals surface area contributed by atoms with Gasteiger partial charge < -0.3 is 5.32 Å². The van der Waals surface area contributed by atoms with E-state index in [0.717, 1.165) is 11.7 Å². The molecular weight excluding hydrogens is 204 g/mol. The number of nitrogens with zero attached hydrogens (tertiary/aromatic N) is 1. The largest absolute Gasteiger partial charge is 0.360 e. The first-order valence-corrected chi connectivity index (χ1v) is 6.85. The molecule has 15 heavy (non-hydrogen) atoms. The number of nitrogens with one attached hydrogen (secondary N) is 1. The molecule has 1 heterocycles. The van der Waals surface area contributed by atoms with Crippen LogP contribution in [0.1, 0.15) is 47.5 Å². The molecule has 0 bridgehead atoms. The molecule has 1 aliphatic heterocycles. The van der Waals surface area contributed by atoms with Gasteiger partial charge in [0.15, 0.2) is 5.17 Å². The Labute approximate surface area is 98.3 Å². The Kier molecular flexibility index (Phi) is 4.10. The SMILES string of the molecule is CCC1(CC)CN=C(NC(C)(C)C)SC1. The molecule has 3 heteroatoms. The van der Waals surface area contributed by atoms with Crippen LogP contribution in [0.25, 0.3) is 0 Å². The summed E-state index contributed by atoms with van der Waals surface area (Å²) in [7, 11) is 0. The normalized spacial score (nSPS) is 21.0. The Balaban J connectivity index is 2.58. The van der Waals surface area contributed by atoms with E-state index in [9.17, 15) is 0 Å². The maximum atomic E-state index is 4.68. The molecule has 0 aromatic carbocycles. The van der Waals surface area contributed by atoms with E-state index in [-0.39, 0.29) is 5.54 Å². The molecule has 0 aromatic heterocycles. The molecule has 0 saturated heterocycles. The van der Waals surface area contributed by atoms with Crippen LogP contribution in [0, 0.1) is 5.41 Å². The predicted molar refractivity (Wildman–Crippen MR) is 70.7 cm³/mol. The van der Waals surface area contributed by atoms with E-state index in [4.69, 9.17) is 0 Å². The zero-order valence-corrected chi connectivity index (χ0v) is 11.5. The Morgan fingerprint density at radius 2 is 1.93 bits per heavy atom. The van der Waals surface area contributed by atoms with Crippen LogP contribution in [0.15, 0.2) is 4.99 Å². The van der Waals surface area contributed by atoms with Gasteiger partial charge in [0.1, 0.15) is 0 Å². The Morgan fingerprint density at radius 3 is 2.27 bits per heavy atom. The van der Waals surface area contributed by atoms with Crippen LogP contribution in [0.2, 0.25) is 0 Å². The summed E-state index contributed by atoms with van der Waals surface area (Å²) < 4.78 is 0. The highest BCUT2D eigenvalue weighted by Crippen LogP contribution is 2.35. The molecule has 0 saturated carbocycles. The molecule has 0 radical (unpaired) electrons. The second-order valence-electron chi connectivity index (χ2n) is 5.49. The zero-order valence-electron chi connectivity index (χ0n) is 10.7. The fraction of sp³-hybridized carbons (Fsp3) is 0.917. The van der Waals surface area contributed by atoms with Crippen LogP contribution < -0.4 is 5.32 Å². The van der Waals surface area contributed by atoms with E-state index in [0.29, 0.717) is 5.41 Å². The number of aliphatic imine (C=N–C) groups is 1. The third kappa shape index (κ3) is 3.71. The van der Waals surface area contributed by atoms with Gasteiger partial charge >= 0.3 is 0 Å². The monoisotopic (exact) mass is 228 g/mol. The van der Waals surface area contributed by atoms with Crippen LogP contribution in [0.4, 0.5) is 0 Å². The molecule has 0 fully saturated rings. The lowest BCUT2D eigenvalue weighted by Crippen LogP contribution is -2.42. The van der Waals surface area contributed by atoms with E-state index in [1.54, 1.807) is 0 Å². The second kappa shape index (κ2) is 4.77. The third-order valence-corrected chi connectivity index (χ3v) is 4.32. The number of thioether (sulfide) groups is 1. The fourth-order valence-corrected chi connectivity index (χ4v) is 3.10. The quantitative estimate of drug-likeness (QED) is 0.784. The zero-order chi connectivity index (χ0) is 11.5. The maximum Gasteiger partial charge on any atom is 0.156 e. The molecule has 2 nitrogen and oxygen atoms in total. The lowest BCUT2D eigenvalue weighted by atomic mass is 9.84. The summed E-state index contributed by atoms with van der Waals surface area (Å²) in [5.74, 6) is 1.21. The lowest BCUT2D eigenvalue weighted by Gasteiger charge is -2.35. The standard InChI is InChI=1S/C12H24N2S/c1-6-12(7-2)8-13-10(15-9-12)14-11(3,4)5/h6-9H2,1-5H3,(H,13,14). The van der Waals surface area contributed by atoms with Crippen molar-refractivity contribution in [2.75, 3.05) is 12.3 Å². The Hall–Kier alpha value is -0.180. The molecule has 1 aliphatic rings. The number of amidine groups is 1. The van der Waals surface area contributed by atoms with Crippen molar-refractivity contribution in [3.63, 3.8) is 0 Å². The molecule has 1 rings (SSSR count). The van der Waals surface area contributed by atoms with E-state index < -0.39 is 0 Å². The van der Waals surface area contributed by atoms with Gasteiger partial charge in [-0.3, -0.25) is 4.99 Å². The van der Waals surface area contributed by atoms with Crippen LogP contribution in [0.3, 0.4) is 0 Å². The number of hydrogen-bond acceptors (Lipinski definition) is 3. The highest BCUT2D eigenvalue weighted by atomic mass is 32.2. The molecular formula is C12H24N2S. The van der Waals surface area contributed by atoms with Crippen molar-refractivity contribution in [1.29, 1.82) is 0 Å².